The lowest BCUT2D eigenvalue weighted by atomic mass is 10.1. The van der Waals surface area contributed by atoms with Crippen molar-refractivity contribution in [2.45, 2.75) is 51.1 Å². The number of nitrogens with two attached hydrogens (primary N) is 1. The Kier molecular flexibility index (Phi) is 7.90. The molecule has 0 fully saturated rings. The number of aliphatic carboxylic acids is 1. The predicted molar refractivity (Wildman–Crippen MR) is 111 cm³/mol. The summed E-state index contributed by atoms with van der Waals surface area (Å²) in [6.07, 6.45) is 0.0373. The van der Waals surface area contributed by atoms with E-state index in [1.165, 1.54) is 6.92 Å². The van der Waals surface area contributed by atoms with Crippen LogP contribution in [0.25, 0.3) is 0 Å². The average Bonchev–Trinajstić information content (AvgIpc) is 3.02. The smallest absolute Gasteiger partial charge is 0.326 e. The van der Waals surface area contributed by atoms with E-state index in [0.717, 1.165) is 4.90 Å². The van der Waals surface area contributed by atoms with E-state index in [2.05, 4.69) is 5.32 Å². The molecule has 32 heavy (non-hydrogen) atoms. The van der Waals surface area contributed by atoms with Crippen LogP contribution in [0.1, 0.15) is 59.7 Å². The normalized spacial score (nSPS) is 14.9. The van der Waals surface area contributed by atoms with Crippen molar-refractivity contribution in [3.05, 3.63) is 35.4 Å². The number of benzene rings is 1. The standard InChI is InChI=1S/C21H26N4O7/c1-12(18(28)24-15(21(31)32)9-10-16(22)26)23-17(27)8-4-5-11-25-19(29)13-6-2-3-7-14(13)20(25)30/h2-3,6-7,12,15H,4-5,8-11H2,1H3,(H2,22,26)(H,23,27)(H,24,28)(H,31,32)/t12-,15-/m0/s1/i/hD. The number of hydrogen-bond acceptors (Lipinski definition) is 6. The van der Waals surface area contributed by atoms with Crippen molar-refractivity contribution in [2.75, 3.05) is 6.54 Å². The molecule has 0 unspecified atom stereocenters. The molecule has 1 aliphatic heterocycles. The van der Waals surface area contributed by atoms with Gasteiger partial charge >= 0.3 is 5.97 Å². The third-order valence-corrected chi connectivity index (χ3v) is 4.91. The van der Waals surface area contributed by atoms with Gasteiger partial charge in [-0.15, -0.1) is 0 Å². The zero-order valence-electron chi connectivity index (χ0n) is 18.6. The van der Waals surface area contributed by atoms with Crippen molar-refractivity contribution in [1.29, 1.82) is 0 Å². The molecule has 1 aromatic rings. The molecule has 0 aliphatic carbocycles. The van der Waals surface area contributed by atoms with E-state index >= 15 is 0 Å². The van der Waals surface area contributed by atoms with Crippen LogP contribution in [0.15, 0.2) is 24.3 Å². The predicted octanol–water partition coefficient (Wildman–Crippen LogP) is -0.207. The molecule has 0 radical (unpaired) electrons. The second-order valence-electron chi connectivity index (χ2n) is 7.37. The summed E-state index contributed by atoms with van der Waals surface area (Å²) in [6, 6.07) is 3.84. The molecule has 2 rings (SSSR count). The van der Waals surface area contributed by atoms with E-state index in [4.69, 9.17) is 12.3 Å². The summed E-state index contributed by atoms with van der Waals surface area (Å²) >= 11 is 0. The molecule has 0 saturated carbocycles. The summed E-state index contributed by atoms with van der Waals surface area (Å²) in [5.41, 5.74) is 5.67. The number of carbonyl (C=O) groups is 6. The molecule has 172 valence electrons. The van der Waals surface area contributed by atoms with Crippen LogP contribution >= 0.6 is 0 Å². The number of imide groups is 1. The maximum absolute atomic E-state index is 12.3. The summed E-state index contributed by atoms with van der Waals surface area (Å²) in [7, 11) is 0. The van der Waals surface area contributed by atoms with Gasteiger partial charge in [-0.3, -0.25) is 28.9 Å². The number of nitrogens with zero attached hydrogens (tertiary/aromatic N) is 1. The van der Waals surface area contributed by atoms with Crippen molar-refractivity contribution in [1.82, 2.24) is 15.5 Å². The summed E-state index contributed by atoms with van der Waals surface area (Å²) in [5.74, 6) is -4.41. The molecule has 1 aromatic carbocycles. The van der Waals surface area contributed by atoms with E-state index in [-0.39, 0.29) is 32.2 Å². The van der Waals surface area contributed by atoms with Crippen LogP contribution in [-0.2, 0) is 19.2 Å². The van der Waals surface area contributed by atoms with Gasteiger partial charge < -0.3 is 21.5 Å². The number of fused-ring (bicyclic) bond motifs is 1. The number of hydrogen-bond donors (Lipinski definition) is 4. The third-order valence-electron chi connectivity index (χ3n) is 4.91. The SMILES string of the molecule is [2H]N(C(=O)CCCCN1C(=O)c2ccccc2C1=O)[C@@H](C)C(=O)N[C@@H](CCC(N)=O)C(=O)O. The first-order chi connectivity index (χ1) is 15.5. The second-order valence-corrected chi connectivity index (χ2v) is 7.37. The Morgan fingerprint density at radius 3 is 2.22 bits per heavy atom. The van der Waals surface area contributed by atoms with Gasteiger partial charge in [0.05, 0.1) is 11.1 Å². The van der Waals surface area contributed by atoms with Gasteiger partial charge in [-0.05, 0) is 38.3 Å². The molecule has 1 aliphatic rings. The number of rotatable bonds is 12. The van der Waals surface area contributed by atoms with Crippen molar-refractivity contribution in [3.8, 4) is 0 Å². The van der Waals surface area contributed by atoms with Gasteiger partial charge in [-0.25, -0.2) is 4.79 Å². The second kappa shape index (κ2) is 11.0. The van der Waals surface area contributed by atoms with Gasteiger partial charge in [0.2, 0.25) is 17.7 Å². The van der Waals surface area contributed by atoms with Gasteiger partial charge in [0.1, 0.15) is 12.1 Å². The van der Waals surface area contributed by atoms with Crippen LogP contribution in [0, 0.1) is 0 Å². The highest BCUT2D eigenvalue weighted by Crippen LogP contribution is 2.22. The van der Waals surface area contributed by atoms with Gasteiger partial charge in [-0.2, -0.15) is 0 Å². The number of primary amides is 1. The molecule has 5 amide bonds. The first-order valence-electron chi connectivity index (χ1n) is 10.6. The maximum atomic E-state index is 12.3. The molecular formula is C21H26N4O7. The molecule has 0 bridgehead atoms. The fourth-order valence-electron chi connectivity index (χ4n) is 3.16. The topological polar surface area (TPSA) is 176 Å². The Bertz CT molecular complexity index is 933. The summed E-state index contributed by atoms with van der Waals surface area (Å²) in [6.45, 7) is 1.39. The van der Waals surface area contributed by atoms with Gasteiger partial charge in [-0.1, -0.05) is 12.1 Å². The van der Waals surface area contributed by atoms with Crippen molar-refractivity contribution in [2.24, 2.45) is 5.73 Å². The third kappa shape index (κ3) is 6.37. The number of carbonyl (C=O) groups excluding carboxylic acids is 5. The lowest BCUT2D eigenvalue weighted by Gasteiger charge is -2.18. The minimum Gasteiger partial charge on any atom is -0.480 e. The minimum atomic E-state index is -1.38. The van der Waals surface area contributed by atoms with Crippen molar-refractivity contribution in [3.63, 3.8) is 0 Å². The first kappa shape index (κ1) is 22.9. The number of nitrogens with one attached hydrogen (secondary N) is 2. The Morgan fingerprint density at radius 2 is 1.69 bits per heavy atom. The molecule has 2 atom stereocenters. The Balaban J connectivity index is 1.80. The molecule has 0 spiro atoms. The summed E-state index contributed by atoms with van der Waals surface area (Å²) < 4.78 is 7.87. The Labute approximate surface area is 185 Å². The van der Waals surface area contributed by atoms with E-state index in [1.54, 1.807) is 24.3 Å². The van der Waals surface area contributed by atoms with E-state index < -0.39 is 47.6 Å². The number of unbranched alkanes of at least 4 members (excludes halogenated alkanes) is 1. The van der Waals surface area contributed by atoms with Crippen LogP contribution in [0.4, 0.5) is 0 Å². The zero-order chi connectivity index (χ0) is 24.7. The molecule has 11 nitrogen and oxygen atoms in total. The van der Waals surface area contributed by atoms with Gasteiger partial charge in [0.15, 0.2) is 1.41 Å². The molecule has 0 saturated heterocycles. The first-order valence-corrected chi connectivity index (χ1v) is 10.1. The maximum Gasteiger partial charge on any atom is 0.326 e. The zero-order valence-corrected chi connectivity index (χ0v) is 17.6. The van der Waals surface area contributed by atoms with Crippen LogP contribution in [0.5, 0.6) is 0 Å². The minimum absolute atomic E-state index is 0.103. The Morgan fingerprint density at radius 1 is 1.09 bits per heavy atom. The van der Waals surface area contributed by atoms with Crippen molar-refractivity contribution >= 4 is 35.5 Å². The molecule has 11 heteroatoms. The summed E-state index contributed by atoms with van der Waals surface area (Å²) in [5, 5.41) is 11.8. The van der Waals surface area contributed by atoms with Crippen LogP contribution < -0.4 is 16.4 Å². The Hall–Kier alpha value is -3.76. The van der Waals surface area contributed by atoms with Gasteiger partial charge in [0.25, 0.3) is 11.8 Å². The molecular weight excluding hydrogens is 420 g/mol. The fourth-order valence-corrected chi connectivity index (χ4v) is 3.16. The van der Waals surface area contributed by atoms with Gasteiger partial charge in [0, 0.05) is 19.4 Å². The monoisotopic (exact) mass is 447 g/mol. The quantitative estimate of drug-likeness (QED) is 0.253. The lowest BCUT2D eigenvalue weighted by molar-refractivity contribution is -0.142. The molecule has 5 N–H and O–H groups in total. The lowest BCUT2D eigenvalue weighted by Crippen LogP contribution is -2.50. The fraction of sp³-hybridized carbons (Fsp3) is 0.429. The van der Waals surface area contributed by atoms with E-state index in [1.807, 2.05) is 0 Å². The number of carboxylic acids is 1. The van der Waals surface area contributed by atoms with Crippen LogP contribution in [-0.4, -0.2) is 64.1 Å². The van der Waals surface area contributed by atoms with Crippen molar-refractivity contribution < 1.29 is 35.3 Å². The highest BCUT2D eigenvalue weighted by molar-refractivity contribution is 6.21. The highest BCUT2D eigenvalue weighted by atomic mass is 16.4. The number of carboxylic acid groups (broad SMARTS) is 1. The van der Waals surface area contributed by atoms with Crippen LogP contribution in [0.2, 0.25) is 1.41 Å². The van der Waals surface area contributed by atoms with E-state index in [9.17, 15) is 28.8 Å². The summed E-state index contributed by atoms with van der Waals surface area (Å²) in [4.78, 5) is 72.3. The largest absolute Gasteiger partial charge is 0.480 e. The molecule has 1 heterocycles. The number of amides is 5. The van der Waals surface area contributed by atoms with E-state index in [0.29, 0.717) is 22.9 Å². The van der Waals surface area contributed by atoms with Crippen LogP contribution in [0.3, 0.4) is 0 Å². The highest BCUT2D eigenvalue weighted by Gasteiger charge is 2.34. The average molecular weight is 447 g/mol. The molecule has 0 aromatic heterocycles.